The summed E-state index contributed by atoms with van der Waals surface area (Å²) in [5.41, 5.74) is 3.41. The first-order valence-electron chi connectivity index (χ1n) is 11.3. The van der Waals surface area contributed by atoms with Crippen molar-refractivity contribution in [3.8, 4) is 16.9 Å². The summed E-state index contributed by atoms with van der Waals surface area (Å²) in [6.45, 7) is 0. The fraction of sp³-hybridized carbons (Fsp3) is 0.0690. The number of rotatable bonds is 7. The number of hydrogen-bond acceptors (Lipinski definition) is 3. The molecule has 4 aromatic carbocycles. The quantitative estimate of drug-likeness (QED) is 0.352. The van der Waals surface area contributed by atoms with Crippen LogP contribution < -0.4 is 5.32 Å². The van der Waals surface area contributed by atoms with E-state index in [1.807, 2.05) is 97.1 Å². The van der Waals surface area contributed by atoms with Crippen LogP contribution in [-0.2, 0) is 11.2 Å². The van der Waals surface area contributed by atoms with Crippen molar-refractivity contribution < 1.29 is 14.7 Å². The van der Waals surface area contributed by atoms with Gasteiger partial charge >= 0.3 is 5.97 Å². The van der Waals surface area contributed by atoms with Crippen LogP contribution in [0.4, 0.5) is 0 Å². The third-order valence-corrected chi connectivity index (χ3v) is 5.87. The smallest absolute Gasteiger partial charge is 0.326 e. The van der Waals surface area contributed by atoms with Gasteiger partial charge in [-0.1, -0.05) is 84.9 Å². The van der Waals surface area contributed by atoms with Gasteiger partial charge in [-0.2, -0.15) is 5.10 Å². The number of hydrogen-bond donors (Lipinski definition) is 2. The fourth-order valence-corrected chi connectivity index (χ4v) is 4.09. The largest absolute Gasteiger partial charge is 0.480 e. The van der Waals surface area contributed by atoms with E-state index in [1.165, 1.54) is 0 Å². The van der Waals surface area contributed by atoms with Crippen LogP contribution in [0.2, 0.25) is 0 Å². The van der Waals surface area contributed by atoms with E-state index in [0.717, 1.165) is 33.3 Å². The molecule has 0 saturated heterocycles. The molecule has 6 nitrogen and oxygen atoms in total. The zero-order valence-corrected chi connectivity index (χ0v) is 18.8. The van der Waals surface area contributed by atoms with Crippen LogP contribution in [0.25, 0.3) is 27.7 Å². The molecule has 0 bridgehead atoms. The highest BCUT2D eigenvalue weighted by molar-refractivity contribution is 5.96. The Hall–Kier alpha value is -4.71. The normalized spacial score (nSPS) is 11.8. The number of nitrogens with one attached hydrogen (secondary N) is 1. The molecule has 35 heavy (non-hydrogen) atoms. The Morgan fingerprint density at radius 2 is 1.46 bits per heavy atom. The Kier molecular flexibility index (Phi) is 6.09. The van der Waals surface area contributed by atoms with E-state index < -0.39 is 17.9 Å². The molecule has 2 N–H and O–H groups in total. The van der Waals surface area contributed by atoms with Crippen molar-refractivity contribution in [1.29, 1.82) is 0 Å². The number of nitrogens with zero attached hydrogens (tertiary/aromatic N) is 2. The Bertz CT molecular complexity index is 1490. The molecular formula is C29H23N3O3. The van der Waals surface area contributed by atoms with Crippen LogP contribution in [0.3, 0.4) is 0 Å². The van der Waals surface area contributed by atoms with E-state index in [0.29, 0.717) is 0 Å². The van der Waals surface area contributed by atoms with Crippen molar-refractivity contribution in [2.24, 2.45) is 0 Å². The lowest BCUT2D eigenvalue weighted by atomic mass is 10.0. The molecule has 5 aromatic rings. The second-order valence-electron chi connectivity index (χ2n) is 8.28. The van der Waals surface area contributed by atoms with E-state index >= 15 is 0 Å². The van der Waals surface area contributed by atoms with Gasteiger partial charge in [-0.25, -0.2) is 9.48 Å². The zero-order valence-electron chi connectivity index (χ0n) is 18.8. The highest BCUT2D eigenvalue weighted by Crippen LogP contribution is 2.27. The third kappa shape index (κ3) is 4.82. The predicted molar refractivity (Wildman–Crippen MR) is 136 cm³/mol. The van der Waals surface area contributed by atoms with E-state index in [4.69, 9.17) is 0 Å². The number of carbonyl (C=O) groups excluding carboxylic acids is 1. The summed E-state index contributed by atoms with van der Waals surface area (Å²) in [6.07, 6.45) is 0.179. The van der Waals surface area contributed by atoms with E-state index in [1.54, 1.807) is 10.7 Å². The molecule has 1 heterocycles. The Labute approximate surface area is 202 Å². The Balaban J connectivity index is 1.51. The van der Waals surface area contributed by atoms with E-state index in [9.17, 15) is 14.7 Å². The van der Waals surface area contributed by atoms with Gasteiger partial charge in [0.05, 0.1) is 11.4 Å². The molecule has 0 aliphatic carbocycles. The summed E-state index contributed by atoms with van der Waals surface area (Å²) in [6, 6.07) is 33.5. The number of carboxylic acid groups (broad SMARTS) is 1. The monoisotopic (exact) mass is 461 g/mol. The molecule has 172 valence electrons. The second-order valence-corrected chi connectivity index (χ2v) is 8.28. The predicted octanol–water partition coefficient (Wildman–Crippen LogP) is 5.12. The molecule has 1 aromatic heterocycles. The molecular weight excluding hydrogens is 438 g/mol. The minimum Gasteiger partial charge on any atom is -0.480 e. The number of carbonyl (C=O) groups is 2. The summed E-state index contributed by atoms with van der Waals surface area (Å²) in [4.78, 5) is 25.0. The van der Waals surface area contributed by atoms with Crippen LogP contribution in [-0.4, -0.2) is 32.8 Å². The first kappa shape index (κ1) is 22.1. The maximum Gasteiger partial charge on any atom is 0.326 e. The van der Waals surface area contributed by atoms with Gasteiger partial charge in [0.1, 0.15) is 6.04 Å². The molecule has 0 aliphatic heterocycles. The molecule has 5 rings (SSSR count). The van der Waals surface area contributed by atoms with Gasteiger partial charge in [-0.15, -0.1) is 0 Å². The number of aliphatic carboxylic acids is 1. The lowest BCUT2D eigenvalue weighted by Gasteiger charge is -2.13. The van der Waals surface area contributed by atoms with Crippen LogP contribution in [0.5, 0.6) is 0 Å². The highest BCUT2D eigenvalue weighted by Gasteiger charge is 2.24. The third-order valence-electron chi connectivity index (χ3n) is 5.87. The molecule has 0 saturated carbocycles. The standard InChI is InChI=1S/C29H23N3O3/c33-28(30-26(29(34)35)17-20-9-3-1-4-10-20)25-19-27(32(31-25)24-13-5-2-6-14-24)23-16-15-21-11-7-8-12-22(21)18-23/h1-16,18-19,26H,17H2,(H,30,33)(H,34,35)/t26-/m0/s1. The van der Waals surface area contributed by atoms with Crippen molar-refractivity contribution in [2.75, 3.05) is 0 Å². The van der Waals surface area contributed by atoms with Crippen LogP contribution in [0.15, 0.2) is 109 Å². The molecule has 0 unspecified atom stereocenters. The zero-order chi connectivity index (χ0) is 24.2. The number of carboxylic acids is 1. The SMILES string of the molecule is O=C(N[C@@H](Cc1ccccc1)C(=O)O)c1cc(-c2ccc3ccccc3c2)n(-c2ccccc2)n1. The summed E-state index contributed by atoms with van der Waals surface area (Å²) in [5, 5.41) is 19.1. The van der Waals surface area contributed by atoms with Crippen molar-refractivity contribution in [3.05, 3.63) is 120 Å². The summed E-state index contributed by atoms with van der Waals surface area (Å²) >= 11 is 0. The fourth-order valence-electron chi connectivity index (χ4n) is 4.09. The first-order chi connectivity index (χ1) is 17.1. The Morgan fingerprint density at radius 3 is 2.17 bits per heavy atom. The van der Waals surface area contributed by atoms with Crippen LogP contribution >= 0.6 is 0 Å². The lowest BCUT2D eigenvalue weighted by Crippen LogP contribution is -2.42. The summed E-state index contributed by atoms with van der Waals surface area (Å²) < 4.78 is 1.71. The molecule has 0 spiro atoms. The van der Waals surface area contributed by atoms with Crippen LogP contribution in [0, 0.1) is 0 Å². The van der Waals surface area contributed by atoms with Gasteiger partial charge in [0.2, 0.25) is 0 Å². The minimum absolute atomic E-state index is 0.149. The topological polar surface area (TPSA) is 84.2 Å². The first-order valence-corrected chi connectivity index (χ1v) is 11.3. The van der Waals surface area contributed by atoms with Crippen LogP contribution in [0.1, 0.15) is 16.1 Å². The van der Waals surface area contributed by atoms with Crippen molar-refractivity contribution in [2.45, 2.75) is 12.5 Å². The second kappa shape index (κ2) is 9.65. The van der Waals surface area contributed by atoms with Crippen molar-refractivity contribution in [3.63, 3.8) is 0 Å². The average Bonchev–Trinajstić information content (AvgIpc) is 3.35. The van der Waals surface area contributed by atoms with E-state index in [-0.39, 0.29) is 12.1 Å². The molecule has 1 amide bonds. The van der Waals surface area contributed by atoms with Gasteiger partial charge in [0.15, 0.2) is 5.69 Å². The maximum atomic E-state index is 13.1. The molecule has 1 atom stereocenters. The number of benzene rings is 4. The number of amides is 1. The van der Waals surface area contributed by atoms with Gasteiger partial charge in [-0.05, 0) is 40.6 Å². The molecule has 0 aliphatic rings. The van der Waals surface area contributed by atoms with Gasteiger partial charge in [-0.3, -0.25) is 4.79 Å². The summed E-state index contributed by atoms with van der Waals surface area (Å²) in [7, 11) is 0. The number of aromatic nitrogens is 2. The Morgan fingerprint density at radius 1 is 0.800 bits per heavy atom. The number of para-hydroxylation sites is 1. The van der Waals surface area contributed by atoms with Gasteiger partial charge < -0.3 is 10.4 Å². The van der Waals surface area contributed by atoms with Gasteiger partial charge in [0, 0.05) is 12.0 Å². The summed E-state index contributed by atoms with van der Waals surface area (Å²) in [5.74, 6) is -1.63. The molecule has 6 heteroatoms. The highest BCUT2D eigenvalue weighted by atomic mass is 16.4. The lowest BCUT2D eigenvalue weighted by molar-refractivity contribution is -0.139. The maximum absolute atomic E-state index is 13.1. The van der Waals surface area contributed by atoms with Gasteiger partial charge in [0.25, 0.3) is 5.91 Å². The molecule has 0 fully saturated rings. The number of fused-ring (bicyclic) bond motifs is 1. The van der Waals surface area contributed by atoms with Crippen molar-refractivity contribution in [1.82, 2.24) is 15.1 Å². The van der Waals surface area contributed by atoms with Crippen molar-refractivity contribution >= 4 is 22.6 Å². The van der Waals surface area contributed by atoms with E-state index in [2.05, 4.69) is 16.5 Å². The molecule has 0 radical (unpaired) electrons. The minimum atomic E-state index is -1.10. The average molecular weight is 462 g/mol.